The molecular weight excluding hydrogens is 432 g/mol. The number of ether oxygens (including phenoxy) is 1. The van der Waals surface area contributed by atoms with Gasteiger partial charge in [-0.25, -0.2) is 8.42 Å². The Morgan fingerprint density at radius 3 is 2.23 bits per heavy atom. The van der Waals surface area contributed by atoms with Crippen LogP contribution in [-0.4, -0.2) is 50.3 Å². The quantitative estimate of drug-likeness (QED) is 0.440. The van der Waals surface area contributed by atoms with E-state index in [0.29, 0.717) is 13.1 Å². The monoisotopic (exact) mass is 458 g/mol. The highest BCUT2D eigenvalue weighted by Gasteiger charge is 2.28. The van der Waals surface area contributed by atoms with Gasteiger partial charge >= 0.3 is 0 Å². The minimum atomic E-state index is -3.83. The molecule has 2 aromatic carbocycles. The van der Waals surface area contributed by atoms with Crippen LogP contribution < -0.4 is 0 Å². The number of sulfonamides is 1. The zero-order valence-corrected chi connectivity index (χ0v) is 19.0. The molecule has 31 heavy (non-hydrogen) atoms. The highest BCUT2D eigenvalue weighted by molar-refractivity contribution is 7.89. The summed E-state index contributed by atoms with van der Waals surface area (Å²) in [5.74, 6) is -0.257. The summed E-state index contributed by atoms with van der Waals surface area (Å²) in [4.78, 5) is 16.2. The zero-order chi connectivity index (χ0) is 22.1. The van der Waals surface area contributed by atoms with Crippen molar-refractivity contribution in [1.29, 1.82) is 0 Å². The summed E-state index contributed by atoms with van der Waals surface area (Å²) in [5, 5.41) is 1.96. The molecular formula is C23H26N2O4S2. The van der Waals surface area contributed by atoms with Gasteiger partial charge in [-0.15, -0.1) is 11.3 Å². The van der Waals surface area contributed by atoms with Gasteiger partial charge in [0.15, 0.2) is 0 Å². The van der Waals surface area contributed by atoms with Gasteiger partial charge in [-0.3, -0.25) is 4.79 Å². The predicted molar refractivity (Wildman–Crippen MR) is 122 cm³/mol. The second kappa shape index (κ2) is 11.2. The number of carbonyl (C=O) groups excluding carboxylic acids is 1. The molecule has 3 rings (SSSR count). The van der Waals surface area contributed by atoms with Crippen LogP contribution in [0.2, 0.25) is 0 Å². The van der Waals surface area contributed by atoms with Crippen molar-refractivity contribution in [2.45, 2.75) is 18.0 Å². The van der Waals surface area contributed by atoms with Crippen molar-refractivity contribution < 1.29 is 17.9 Å². The molecule has 0 aliphatic carbocycles. The number of benzene rings is 2. The van der Waals surface area contributed by atoms with E-state index in [-0.39, 0.29) is 30.5 Å². The van der Waals surface area contributed by atoms with Gasteiger partial charge in [-0.05, 0) is 29.1 Å². The van der Waals surface area contributed by atoms with E-state index in [1.807, 2.05) is 47.8 Å². The highest BCUT2D eigenvalue weighted by Crippen LogP contribution is 2.18. The molecule has 3 aromatic rings. The smallest absolute Gasteiger partial charge is 0.243 e. The third kappa shape index (κ3) is 6.48. The molecule has 1 aromatic heterocycles. The van der Waals surface area contributed by atoms with E-state index in [9.17, 15) is 13.2 Å². The first-order chi connectivity index (χ1) is 15.0. The summed E-state index contributed by atoms with van der Waals surface area (Å²) >= 11 is 1.57. The van der Waals surface area contributed by atoms with Crippen molar-refractivity contribution in [3.8, 4) is 0 Å². The molecule has 0 aliphatic rings. The molecule has 0 unspecified atom stereocenters. The minimum absolute atomic E-state index is 0.0949. The van der Waals surface area contributed by atoms with Gasteiger partial charge in [-0.1, -0.05) is 54.6 Å². The first kappa shape index (κ1) is 23.1. The lowest BCUT2D eigenvalue weighted by Crippen LogP contribution is -2.43. The number of hydrogen-bond acceptors (Lipinski definition) is 5. The van der Waals surface area contributed by atoms with E-state index in [1.165, 1.54) is 23.5 Å². The molecule has 6 nitrogen and oxygen atoms in total. The number of nitrogens with zero attached hydrogens (tertiary/aromatic N) is 2. The lowest BCUT2D eigenvalue weighted by atomic mass is 10.2. The van der Waals surface area contributed by atoms with Crippen molar-refractivity contribution in [3.05, 3.63) is 88.6 Å². The molecule has 164 valence electrons. The standard InChI is InChI=1S/C23H26N2O4S2/c1-29-15-14-25(31(27,28)22-12-6-3-7-13-22)19-23(26)24(18-21-11-8-16-30-21)17-20-9-4-2-5-10-20/h2-13,16H,14-15,17-19H2,1H3. The van der Waals surface area contributed by atoms with Crippen molar-refractivity contribution in [1.82, 2.24) is 9.21 Å². The van der Waals surface area contributed by atoms with Gasteiger partial charge in [0.25, 0.3) is 0 Å². The Morgan fingerprint density at radius 2 is 1.61 bits per heavy atom. The third-order valence-corrected chi connectivity index (χ3v) is 7.45. The van der Waals surface area contributed by atoms with Crippen LogP contribution in [-0.2, 0) is 32.6 Å². The van der Waals surface area contributed by atoms with Crippen LogP contribution in [0.1, 0.15) is 10.4 Å². The van der Waals surface area contributed by atoms with Crippen LogP contribution in [0.5, 0.6) is 0 Å². The Morgan fingerprint density at radius 1 is 0.935 bits per heavy atom. The zero-order valence-electron chi connectivity index (χ0n) is 17.4. The molecule has 0 spiro atoms. The minimum Gasteiger partial charge on any atom is -0.383 e. The van der Waals surface area contributed by atoms with Crippen LogP contribution in [0, 0.1) is 0 Å². The van der Waals surface area contributed by atoms with E-state index < -0.39 is 10.0 Å². The maximum Gasteiger partial charge on any atom is 0.243 e. The van der Waals surface area contributed by atoms with E-state index in [2.05, 4.69) is 0 Å². The lowest BCUT2D eigenvalue weighted by Gasteiger charge is -2.27. The van der Waals surface area contributed by atoms with Crippen LogP contribution >= 0.6 is 11.3 Å². The topological polar surface area (TPSA) is 66.9 Å². The highest BCUT2D eigenvalue weighted by atomic mass is 32.2. The van der Waals surface area contributed by atoms with Gasteiger partial charge in [0, 0.05) is 25.1 Å². The third-order valence-electron chi connectivity index (χ3n) is 4.73. The molecule has 0 radical (unpaired) electrons. The molecule has 0 N–H and O–H groups in total. The van der Waals surface area contributed by atoms with Crippen LogP contribution in [0.25, 0.3) is 0 Å². The van der Waals surface area contributed by atoms with Crippen molar-refractivity contribution in [2.75, 3.05) is 26.8 Å². The van der Waals surface area contributed by atoms with E-state index in [4.69, 9.17) is 4.74 Å². The van der Waals surface area contributed by atoms with Crippen molar-refractivity contribution in [3.63, 3.8) is 0 Å². The number of thiophene rings is 1. The molecule has 0 bridgehead atoms. The van der Waals surface area contributed by atoms with Gasteiger partial charge < -0.3 is 9.64 Å². The Kier molecular flexibility index (Phi) is 8.36. The maximum atomic E-state index is 13.3. The van der Waals surface area contributed by atoms with Gasteiger partial charge in [0.05, 0.1) is 24.6 Å². The molecule has 0 saturated heterocycles. The average Bonchev–Trinajstić information content (AvgIpc) is 3.30. The molecule has 0 atom stereocenters. The van der Waals surface area contributed by atoms with Crippen molar-refractivity contribution >= 4 is 27.3 Å². The van der Waals surface area contributed by atoms with Crippen molar-refractivity contribution in [2.24, 2.45) is 0 Å². The largest absolute Gasteiger partial charge is 0.383 e. The number of carbonyl (C=O) groups is 1. The Labute approximate surface area is 187 Å². The summed E-state index contributed by atoms with van der Waals surface area (Å²) in [5.41, 5.74) is 0.988. The first-order valence-corrected chi connectivity index (χ1v) is 12.2. The predicted octanol–water partition coefficient (Wildman–Crippen LogP) is 3.61. The van der Waals surface area contributed by atoms with Gasteiger partial charge in [0.1, 0.15) is 0 Å². The number of amides is 1. The second-order valence-corrected chi connectivity index (χ2v) is 9.93. The summed E-state index contributed by atoms with van der Waals surface area (Å²) < 4.78 is 32.6. The van der Waals surface area contributed by atoms with E-state index >= 15 is 0 Å². The van der Waals surface area contributed by atoms with Gasteiger partial charge in [0.2, 0.25) is 15.9 Å². The summed E-state index contributed by atoms with van der Waals surface area (Å²) in [6.45, 7) is 0.870. The summed E-state index contributed by atoms with van der Waals surface area (Å²) in [6.07, 6.45) is 0. The number of methoxy groups -OCH3 is 1. The normalized spacial score (nSPS) is 11.5. The Balaban J connectivity index is 1.83. The average molecular weight is 459 g/mol. The van der Waals surface area contributed by atoms with Crippen LogP contribution in [0.4, 0.5) is 0 Å². The Bertz CT molecular complexity index is 1040. The number of rotatable bonds is 11. The second-order valence-electron chi connectivity index (χ2n) is 6.96. The summed E-state index contributed by atoms with van der Waals surface area (Å²) in [6, 6.07) is 21.8. The molecule has 1 heterocycles. The van der Waals surface area contributed by atoms with Crippen LogP contribution in [0.3, 0.4) is 0 Å². The van der Waals surface area contributed by atoms with E-state index in [0.717, 1.165) is 10.4 Å². The molecule has 0 saturated carbocycles. The fraction of sp³-hybridized carbons (Fsp3) is 0.261. The van der Waals surface area contributed by atoms with Gasteiger partial charge in [-0.2, -0.15) is 4.31 Å². The lowest BCUT2D eigenvalue weighted by molar-refractivity contribution is -0.132. The Hall–Kier alpha value is -2.52. The fourth-order valence-electron chi connectivity index (χ4n) is 3.10. The first-order valence-electron chi connectivity index (χ1n) is 9.89. The fourth-order valence-corrected chi connectivity index (χ4v) is 5.21. The molecule has 1 amide bonds. The maximum absolute atomic E-state index is 13.3. The number of hydrogen-bond donors (Lipinski definition) is 0. The van der Waals surface area contributed by atoms with Crippen LogP contribution in [0.15, 0.2) is 83.1 Å². The molecule has 0 fully saturated rings. The van der Waals surface area contributed by atoms with E-state index in [1.54, 1.807) is 34.4 Å². The summed E-state index contributed by atoms with van der Waals surface area (Å²) in [7, 11) is -2.32. The molecule has 0 aliphatic heterocycles. The molecule has 8 heteroatoms. The SMILES string of the molecule is COCCN(CC(=O)N(Cc1ccccc1)Cc1cccs1)S(=O)(=O)c1ccccc1.